The molecule has 0 saturated heterocycles. The van der Waals surface area contributed by atoms with Crippen LogP contribution in [-0.2, 0) is 9.36 Å². The maximum absolute atomic E-state index is 11.3. The van der Waals surface area contributed by atoms with Gasteiger partial charge in [-0.2, -0.15) is 0 Å². The first kappa shape index (κ1) is 11.0. The molecule has 5 heteroatoms. The van der Waals surface area contributed by atoms with Crippen LogP contribution >= 0.6 is 7.60 Å². The van der Waals surface area contributed by atoms with Crippen molar-refractivity contribution in [2.45, 2.75) is 6.92 Å². The average Bonchev–Trinajstić information content (AvgIpc) is 2.02. The van der Waals surface area contributed by atoms with Gasteiger partial charge in [0.2, 0.25) is 0 Å². The predicted octanol–water partition coefficient (Wildman–Crippen LogP) is 1.84. The molecular formula is C9H11O4P. The van der Waals surface area contributed by atoms with Gasteiger partial charge in [0.15, 0.2) is 0 Å². The Labute approximate surface area is 82.1 Å². The normalized spacial score (nSPS) is 14.4. The molecule has 0 aromatic heterocycles. The summed E-state index contributed by atoms with van der Waals surface area (Å²) in [6.45, 7) is 1.25. The van der Waals surface area contributed by atoms with E-state index < -0.39 is 13.8 Å². The molecule has 0 saturated carbocycles. The number of Topliss-reactive ketones (excluding diaryl/α,β-unsaturated/α-hetero) is 1. The van der Waals surface area contributed by atoms with Crippen LogP contribution in [0.15, 0.2) is 30.3 Å². The van der Waals surface area contributed by atoms with Gasteiger partial charge >= 0.3 is 7.60 Å². The van der Waals surface area contributed by atoms with E-state index in [1.165, 1.54) is 6.92 Å². The van der Waals surface area contributed by atoms with Gasteiger partial charge in [0, 0.05) is 0 Å². The van der Waals surface area contributed by atoms with Crippen molar-refractivity contribution in [2.24, 2.45) is 0 Å². The van der Waals surface area contributed by atoms with Gasteiger partial charge in [-0.15, -0.1) is 0 Å². The third-order valence-electron chi connectivity index (χ3n) is 1.41. The number of carbonyl (C=O) groups is 1. The minimum atomic E-state index is -3.82. The number of benzene rings is 1. The van der Waals surface area contributed by atoms with Crippen LogP contribution in [0, 0.1) is 0 Å². The first-order valence-electron chi connectivity index (χ1n) is 4.05. The summed E-state index contributed by atoms with van der Waals surface area (Å²) in [5, 5.41) is 0. The van der Waals surface area contributed by atoms with Crippen LogP contribution in [0.5, 0.6) is 5.75 Å². The highest BCUT2D eigenvalue weighted by Gasteiger charge is 2.22. The standard InChI is InChI=1S/C9H11O4P/c1-8(10)7-14(11,12)13-9-5-3-2-4-6-9/h2-6H,7H2,1H3,(H,11,12). The smallest absolute Gasteiger partial charge is 0.384 e. The molecule has 1 unspecified atom stereocenters. The lowest BCUT2D eigenvalue weighted by Crippen LogP contribution is -2.04. The molecule has 0 fully saturated rings. The molecule has 1 atom stereocenters. The summed E-state index contributed by atoms with van der Waals surface area (Å²) in [4.78, 5) is 19.9. The van der Waals surface area contributed by atoms with Crippen molar-refractivity contribution in [2.75, 3.05) is 6.16 Å². The molecule has 1 N–H and O–H groups in total. The molecule has 0 amide bonds. The van der Waals surface area contributed by atoms with Crippen molar-refractivity contribution in [1.29, 1.82) is 0 Å². The van der Waals surface area contributed by atoms with Crippen molar-refractivity contribution < 1.29 is 18.8 Å². The van der Waals surface area contributed by atoms with E-state index in [1.807, 2.05) is 0 Å². The van der Waals surface area contributed by atoms with Crippen LogP contribution in [0.4, 0.5) is 0 Å². The van der Waals surface area contributed by atoms with E-state index in [0.717, 1.165) is 0 Å². The largest absolute Gasteiger partial charge is 0.424 e. The topological polar surface area (TPSA) is 63.6 Å². The Morgan fingerprint density at radius 2 is 2.00 bits per heavy atom. The third kappa shape index (κ3) is 3.73. The second kappa shape index (κ2) is 4.40. The zero-order chi connectivity index (χ0) is 10.6. The van der Waals surface area contributed by atoms with Crippen LogP contribution in [-0.4, -0.2) is 16.8 Å². The Bertz CT molecular complexity index is 360. The Morgan fingerprint density at radius 1 is 1.43 bits per heavy atom. The summed E-state index contributed by atoms with van der Waals surface area (Å²) in [7, 11) is -3.82. The fourth-order valence-corrected chi connectivity index (χ4v) is 2.04. The van der Waals surface area contributed by atoms with Crippen LogP contribution in [0.1, 0.15) is 6.92 Å². The highest BCUT2D eigenvalue weighted by Crippen LogP contribution is 2.42. The molecule has 0 spiro atoms. The van der Waals surface area contributed by atoms with Gasteiger partial charge in [-0.3, -0.25) is 4.79 Å². The summed E-state index contributed by atoms with van der Waals surface area (Å²) in [5.41, 5.74) is 0. The van der Waals surface area contributed by atoms with E-state index in [1.54, 1.807) is 30.3 Å². The Kier molecular flexibility index (Phi) is 3.44. The van der Waals surface area contributed by atoms with E-state index in [2.05, 4.69) is 0 Å². The van der Waals surface area contributed by atoms with E-state index >= 15 is 0 Å². The van der Waals surface area contributed by atoms with Crippen molar-refractivity contribution in [3.05, 3.63) is 30.3 Å². The average molecular weight is 214 g/mol. The number of ketones is 1. The van der Waals surface area contributed by atoms with Crippen molar-refractivity contribution in [3.63, 3.8) is 0 Å². The summed E-state index contributed by atoms with van der Waals surface area (Å²) in [5.74, 6) is -0.0775. The van der Waals surface area contributed by atoms with Crippen LogP contribution < -0.4 is 4.52 Å². The molecule has 4 nitrogen and oxygen atoms in total. The zero-order valence-electron chi connectivity index (χ0n) is 7.71. The molecule has 0 bridgehead atoms. The highest BCUT2D eigenvalue weighted by molar-refractivity contribution is 7.54. The van der Waals surface area contributed by atoms with Gasteiger partial charge < -0.3 is 9.42 Å². The first-order chi connectivity index (χ1) is 6.49. The molecule has 14 heavy (non-hydrogen) atoms. The minimum absolute atomic E-state index is 0.291. The summed E-state index contributed by atoms with van der Waals surface area (Å²) >= 11 is 0. The highest BCUT2D eigenvalue weighted by atomic mass is 31.2. The monoisotopic (exact) mass is 214 g/mol. The second-order valence-electron chi connectivity index (χ2n) is 2.90. The summed E-state index contributed by atoms with van der Waals surface area (Å²) < 4.78 is 16.1. The maximum atomic E-state index is 11.3. The molecule has 0 radical (unpaired) electrons. The molecule has 0 aliphatic heterocycles. The first-order valence-corrected chi connectivity index (χ1v) is 5.82. The van der Waals surface area contributed by atoms with Crippen molar-refractivity contribution in [1.82, 2.24) is 0 Å². The molecule has 0 aliphatic rings. The number of rotatable bonds is 4. The fraction of sp³-hybridized carbons (Fsp3) is 0.222. The van der Waals surface area contributed by atoms with E-state index in [4.69, 9.17) is 4.52 Å². The van der Waals surface area contributed by atoms with Gasteiger partial charge in [-0.25, -0.2) is 4.57 Å². The van der Waals surface area contributed by atoms with Gasteiger partial charge in [-0.1, -0.05) is 18.2 Å². The number of hydrogen-bond acceptors (Lipinski definition) is 3. The van der Waals surface area contributed by atoms with E-state index in [-0.39, 0.29) is 5.78 Å². The Hall–Kier alpha value is -1.12. The summed E-state index contributed by atoms with van der Waals surface area (Å²) in [6, 6.07) is 8.25. The van der Waals surface area contributed by atoms with E-state index in [0.29, 0.717) is 5.75 Å². The minimum Gasteiger partial charge on any atom is -0.424 e. The number of carbonyl (C=O) groups excluding carboxylic acids is 1. The van der Waals surface area contributed by atoms with Crippen LogP contribution in [0.2, 0.25) is 0 Å². The zero-order valence-corrected chi connectivity index (χ0v) is 8.61. The van der Waals surface area contributed by atoms with Crippen LogP contribution in [0.3, 0.4) is 0 Å². The number of hydrogen-bond donors (Lipinski definition) is 1. The Morgan fingerprint density at radius 3 is 2.50 bits per heavy atom. The van der Waals surface area contributed by atoms with Gasteiger partial charge in [0.1, 0.15) is 17.7 Å². The molecular weight excluding hydrogens is 203 g/mol. The second-order valence-corrected chi connectivity index (χ2v) is 4.68. The predicted molar refractivity (Wildman–Crippen MR) is 52.4 cm³/mol. The lowest BCUT2D eigenvalue weighted by molar-refractivity contribution is -0.114. The van der Waals surface area contributed by atoms with Crippen LogP contribution in [0.25, 0.3) is 0 Å². The molecule has 0 aliphatic carbocycles. The SMILES string of the molecule is CC(=O)CP(=O)(O)Oc1ccccc1. The Balaban J connectivity index is 2.69. The number of para-hydroxylation sites is 1. The lowest BCUT2D eigenvalue weighted by atomic mass is 10.3. The van der Waals surface area contributed by atoms with Crippen molar-refractivity contribution in [3.8, 4) is 5.75 Å². The molecule has 1 aromatic rings. The molecule has 1 rings (SSSR count). The van der Waals surface area contributed by atoms with Gasteiger partial charge in [-0.05, 0) is 19.1 Å². The van der Waals surface area contributed by atoms with Gasteiger partial charge in [0.05, 0.1) is 0 Å². The van der Waals surface area contributed by atoms with Crippen molar-refractivity contribution >= 4 is 13.4 Å². The van der Waals surface area contributed by atoms with E-state index in [9.17, 15) is 14.3 Å². The summed E-state index contributed by atoms with van der Waals surface area (Å²) in [6.07, 6.45) is -0.456. The molecule has 76 valence electrons. The van der Waals surface area contributed by atoms with Gasteiger partial charge in [0.25, 0.3) is 0 Å². The molecule has 1 aromatic carbocycles. The fourth-order valence-electron chi connectivity index (χ4n) is 0.960. The quantitative estimate of drug-likeness (QED) is 0.776. The maximum Gasteiger partial charge on any atom is 0.384 e. The lowest BCUT2D eigenvalue weighted by Gasteiger charge is -2.11. The third-order valence-corrected chi connectivity index (χ3v) is 2.75. The molecule has 0 heterocycles.